The summed E-state index contributed by atoms with van der Waals surface area (Å²) in [6.07, 6.45) is 1.25. The molecular formula is C25H19ClN2O6S. The van der Waals surface area contributed by atoms with Crippen molar-refractivity contribution in [2.24, 2.45) is 0 Å². The predicted octanol–water partition coefficient (Wildman–Crippen LogP) is 4.39. The van der Waals surface area contributed by atoms with Gasteiger partial charge in [-0.05, 0) is 67.4 Å². The van der Waals surface area contributed by atoms with Crippen LogP contribution in [0, 0.1) is 13.8 Å². The van der Waals surface area contributed by atoms with Crippen molar-refractivity contribution in [3.63, 3.8) is 0 Å². The van der Waals surface area contributed by atoms with Crippen LogP contribution in [0.4, 0.5) is 10.5 Å². The molecular weight excluding hydrogens is 492 g/mol. The fraction of sp³-hybridized carbons (Fsp3) is 0.0800. The van der Waals surface area contributed by atoms with Gasteiger partial charge in [-0.1, -0.05) is 47.5 Å². The van der Waals surface area contributed by atoms with Gasteiger partial charge in [-0.25, -0.2) is 9.69 Å². The van der Waals surface area contributed by atoms with E-state index in [0.29, 0.717) is 16.1 Å². The Morgan fingerprint density at radius 3 is 2.34 bits per heavy atom. The van der Waals surface area contributed by atoms with Gasteiger partial charge in [0, 0.05) is 5.02 Å². The molecule has 0 radical (unpaired) electrons. The van der Waals surface area contributed by atoms with Crippen molar-refractivity contribution < 1.29 is 27.0 Å². The first kappa shape index (κ1) is 24.2. The van der Waals surface area contributed by atoms with E-state index in [1.807, 2.05) is 6.92 Å². The van der Waals surface area contributed by atoms with Crippen molar-refractivity contribution in [2.75, 3.05) is 4.90 Å². The van der Waals surface area contributed by atoms with E-state index in [4.69, 9.17) is 15.8 Å². The van der Waals surface area contributed by atoms with Crippen molar-refractivity contribution in [3.05, 3.63) is 94.0 Å². The Labute approximate surface area is 206 Å². The van der Waals surface area contributed by atoms with E-state index in [-0.39, 0.29) is 21.9 Å². The number of carbonyl (C=O) groups is 3. The van der Waals surface area contributed by atoms with Crippen LogP contribution in [-0.4, -0.2) is 26.3 Å². The standard InChI is InChI=1S/C25H19ClN2O6S/c1-15-9-11-19(12-10-15)35(32,33)34-18-6-3-5-17(13-18)14-20-23(29)27-25(31)28(24(20)30)22-8-4-7-21(26)16(22)2/h3-14H,1-2H3,(H,27,29,31)/b20-14-. The van der Waals surface area contributed by atoms with Gasteiger partial charge in [-0.3, -0.25) is 14.9 Å². The molecule has 4 amide bonds. The number of nitrogens with one attached hydrogen (secondary N) is 1. The van der Waals surface area contributed by atoms with Crippen LogP contribution in [0.3, 0.4) is 0 Å². The third kappa shape index (κ3) is 4.96. The lowest BCUT2D eigenvalue weighted by atomic mass is 10.1. The van der Waals surface area contributed by atoms with Crippen LogP contribution in [0.5, 0.6) is 5.75 Å². The Kier molecular flexibility index (Phi) is 6.47. The number of carbonyl (C=O) groups excluding carboxylic acids is 3. The number of halogens is 1. The van der Waals surface area contributed by atoms with Gasteiger partial charge in [0.2, 0.25) is 0 Å². The van der Waals surface area contributed by atoms with Gasteiger partial charge in [0.25, 0.3) is 11.8 Å². The van der Waals surface area contributed by atoms with Crippen LogP contribution >= 0.6 is 11.6 Å². The smallest absolute Gasteiger partial charge is 0.339 e. The summed E-state index contributed by atoms with van der Waals surface area (Å²) in [6, 6.07) is 15.9. The summed E-state index contributed by atoms with van der Waals surface area (Å²) >= 11 is 6.13. The maximum atomic E-state index is 13.1. The molecule has 3 aromatic rings. The average Bonchev–Trinajstić information content (AvgIpc) is 2.79. The van der Waals surface area contributed by atoms with Crippen LogP contribution in [-0.2, 0) is 19.7 Å². The first-order valence-corrected chi connectivity index (χ1v) is 12.1. The first-order valence-electron chi connectivity index (χ1n) is 10.3. The molecule has 1 aliphatic heterocycles. The molecule has 4 rings (SSSR count). The average molecular weight is 511 g/mol. The number of barbiturate groups is 1. The molecule has 8 nitrogen and oxygen atoms in total. The number of rotatable bonds is 5. The zero-order valence-electron chi connectivity index (χ0n) is 18.6. The summed E-state index contributed by atoms with van der Waals surface area (Å²) in [5, 5.41) is 2.49. The number of amides is 4. The van der Waals surface area contributed by atoms with Gasteiger partial charge < -0.3 is 4.18 Å². The van der Waals surface area contributed by atoms with E-state index in [1.165, 1.54) is 42.5 Å². The van der Waals surface area contributed by atoms with Gasteiger partial charge in [-0.2, -0.15) is 8.42 Å². The second kappa shape index (κ2) is 9.36. The molecule has 1 N–H and O–H groups in total. The minimum absolute atomic E-state index is 0.0118. The zero-order valence-corrected chi connectivity index (χ0v) is 20.2. The Hall–Kier alpha value is -3.95. The predicted molar refractivity (Wildman–Crippen MR) is 131 cm³/mol. The highest BCUT2D eigenvalue weighted by Gasteiger charge is 2.37. The van der Waals surface area contributed by atoms with E-state index in [0.717, 1.165) is 10.5 Å². The number of anilines is 1. The van der Waals surface area contributed by atoms with Gasteiger partial charge in [0.05, 0.1) is 5.69 Å². The van der Waals surface area contributed by atoms with E-state index in [2.05, 4.69) is 5.32 Å². The highest BCUT2D eigenvalue weighted by atomic mass is 35.5. The van der Waals surface area contributed by atoms with E-state index in [1.54, 1.807) is 37.3 Å². The minimum Gasteiger partial charge on any atom is -0.379 e. The van der Waals surface area contributed by atoms with Crippen molar-refractivity contribution in [1.29, 1.82) is 0 Å². The Morgan fingerprint density at radius 1 is 0.943 bits per heavy atom. The number of aryl methyl sites for hydroxylation is 1. The maximum absolute atomic E-state index is 13.1. The number of benzene rings is 3. The highest BCUT2D eigenvalue weighted by molar-refractivity contribution is 7.87. The van der Waals surface area contributed by atoms with Crippen molar-refractivity contribution in [3.8, 4) is 5.75 Å². The maximum Gasteiger partial charge on any atom is 0.339 e. The number of urea groups is 1. The molecule has 1 aliphatic rings. The number of nitrogens with zero attached hydrogens (tertiary/aromatic N) is 1. The summed E-state index contributed by atoms with van der Waals surface area (Å²) in [6.45, 7) is 3.48. The van der Waals surface area contributed by atoms with Crippen LogP contribution in [0.2, 0.25) is 5.02 Å². The van der Waals surface area contributed by atoms with Gasteiger partial charge in [-0.15, -0.1) is 0 Å². The summed E-state index contributed by atoms with van der Waals surface area (Å²) in [5.41, 5.74) is 1.62. The summed E-state index contributed by atoms with van der Waals surface area (Å²) < 4.78 is 30.4. The molecule has 0 unspecified atom stereocenters. The first-order chi connectivity index (χ1) is 16.6. The fourth-order valence-electron chi connectivity index (χ4n) is 3.42. The topological polar surface area (TPSA) is 110 Å². The molecule has 1 fully saturated rings. The summed E-state index contributed by atoms with van der Waals surface area (Å²) in [4.78, 5) is 38.9. The normalized spacial score (nSPS) is 15.3. The lowest BCUT2D eigenvalue weighted by molar-refractivity contribution is -0.122. The number of hydrogen-bond acceptors (Lipinski definition) is 6. The SMILES string of the molecule is Cc1ccc(S(=O)(=O)Oc2cccc(/C=C3/C(=O)NC(=O)N(c4cccc(Cl)c4C)C3=O)c2)cc1. The second-order valence-corrected chi connectivity index (χ2v) is 9.72. The Balaban J connectivity index is 1.66. The van der Waals surface area contributed by atoms with Crippen LogP contribution in [0.25, 0.3) is 6.08 Å². The van der Waals surface area contributed by atoms with E-state index in [9.17, 15) is 22.8 Å². The lowest BCUT2D eigenvalue weighted by Crippen LogP contribution is -2.54. The lowest BCUT2D eigenvalue weighted by Gasteiger charge is -2.27. The van der Waals surface area contributed by atoms with Gasteiger partial charge in [0.1, 0.15) is 16.2 Å². The molecule has 178 valence electrons. The molecule has 0 aromatic heterocycles. The zero-order chi connectivity index (χ0) is 25.3. The molecule has 35 heavy (non-hydrogen) atoms. The van der Waals surface area contributed by atoms with Crippen molar-refractivity contribution in [2.45, 2.75) is 18.7 Å². The van der Waals surface area contributed by atoms with Gasteiger partial charge in [0.15, 0.2) is 0 Å². The largest absolute Gasteiger partial charge is 0.379 e. The molecule has 10 heteroatoms. The summed E-state index contributed by atoms with van der Waals surface area (Å²) in [7, 11) is -4.09. The molecule has 3 aromatic carbocycles. The van der Waals surface area contributed by atoms with Gasteiger partial charge >= 0.3 is 16.1 Å². The second-order valence-electron chi connectivity index (χ2n) is 7.76. The van der Waals surface area contributed by atoms with E-state index < -0.39 is 28.0 Å². The van der Waals surface area contributed by atoms with Crippen molar-refractivity contribution >= 4 is 51.3 Å². The molecule has 0 aliphatic carbocycles. The van der Waals surface area contributed by atoms with Crippen LogP contribution in [0.1, 0.15) is 16.7 Å². The number of hydrogen-bond donors (Lipinski definition) is 1. The van der Waals surface area contributed by atoms with Crippen molar-refractivity contribution in [1.82, 2.24) is 5.32 Å². The van der Waals surface area contributed by atoms with E-state index >= 15 is 0 Å². The fourth-order valence-corrected chi connectivity index (χ4v) is 4.51. The Morgan fingerprint density at radius 2 is 1.63 bits per heavy atom. The monoisotopic (exact) mass is 510 g/mol. The molecule has 1 saturated heterocycles. The highest BCUT2D eigenvalue weighted by Crippen LogP contribution is 2.30. The third-order valence-corrected chi connectivity index (χ3v) is 6.94. The molecule has 0 spiro atoms. The minimum atomic E-state index is -4.09. The third-order valence-electron chi connectivity index (χ3n) is 5.27. The molecule has 0 atom stereocenters. The van der Waals surface area contributed by atoms with Crippen LogP contribution in [0.15, 0.2) is 77.2 Å². The molecule has 0 saturated carbocycles. The quantitative estimate of drug-likeness (QED) is 0.309. The number of imide groups is 2. The Bertz CT molecular complexity index is 1500. The van der Waals surface area contributed by atoms with Crippen LogP contribution < -0.4 is 14.4 Å². The molecule has 1 heterocycles. The summed E-state index contributed by atoms with van der Waals surface area (Å²) in [5.74, 6) is -1.74. The molecule has 0 bridgehead atoms.